The fraction of sp³-hybridized carbons (Fsp3) is 0.278. The van der Waals surface area contributed by atoms with Crippen LogP contribution in [0.4, 0.5) is 5.69 Å². The van der Waals surface area contributed by atoms with Crippen LogP contribution in [0.2, 0.25) is 0 Å². The lowest BCUT2D eigenvalue weighted by molar-refractivity contribution is 0.467. The van der Waals surface area contributed by atoms with E-state index in [2.05, 4.69) is 14.8 Å². The molecular formula is C18H19N5O4S. The Hall–Kier alpha value is -3.14. The molecule has 0 bridgehead atoms. The molecule has 0 spiro atoms. The second kappa shape index (κ2) is 7.12. The van der Waals surface area contributed by atoms with Crippen LogP contribution in [0.5, 0.6) is 0 Å². The topological polar surface area (TPSA) is 130 Å². The normalized spacial score (nSPS) is 15.0. The van der Waals surface area contributed by atoms with Crippen molar-refractivity contribution >= 4 is 15.7 Å². The van der Waals surface area contributed by atoms with Crippen molar-refractivity contribution in [1.82, 2.24) is 19.7 Å². The maximum atomic E-state index is 13.1. The number of aromatic amines is 2. The molecule has 0 aliphatic heterocycles. The lowest BCUT2D eigenvalue weighted by atomic mass is 10.2. The number of anilines is 1. The molecule has 1 saturated carbocycles. The third-order valence-electron chi connectivity index (χ3n) is 4.80. The Morgan fingerprint density at radius 3 is 2.50 bits per heavy atom. The SMILES string of the molecule is O=c1[nH]cc(NS(=O)(=O)c2cn(C3CCCC3)nc2-c2ccccc2)c(=O)[nH]1. The molecule has 3 N–H and O–H groups in total. The summed E-state index contributed by atoms with van der Waals surface area (Å²) in [6.07, 6.45) is 6.60. The minimum Gasteiger partial charge on any atom is -0.312 e. The molecule has 1 aliphatic rings. The second-order valence-corrected chi connectivity index (χ2v) is 8.37. The van der Waals surface area contributed by atoms with Gasteiger partial charge in [-0.1, -0.05) is 43.2 Å². The molecule has 2 heterocycles. The zero-order valence-corrected chi connectivity index (χ0v) is 15.7. The fourth-order valence-corrected chi connectivity index (χ4v) is 4.62. The van der Waals surface area contributed by atoms with Crippen molar-refractivity contribution in [3.05, 3.63) is 63.6 Å². The first-order valence-electron chi connectivity index (χ1n) is 8.93. The molecule has 1 aromatic carbocycles. The van der Waals surface area contributed by atoms with Gasteiger partial charge in [-0.2, -0.15) is 5.10 Å². The summed E-state index contributed by atoms with van der Waals surface area (Å²) in [4.78, 5) is 27.3. The highest BCUT2D eigenvalue weighted by molar-refractivity contribution is 7.92. The van der Waals surface area contributed by atoms with Crippen molar-refractivity contribution in [2.24, 2.45) is 0 Å². The Labute approximate surface area is 160 Å². The van der Waals surface area contributed by atoms with Crippen LogP contribution in [-0.2, 0) is 10.0 Å². The summed E-state index contributed by atoms with van der Waals surface area (Å²) < 4.78 is 30.1. The standard InChI is InChI=1S/C18H19N5O4S/c24-17-14(10-19-18(25)20-17)22-28(26,27)15-11-23(13-8-4-5-9-13)21-16(15)12-6-2-1-3-7-12/h1-3,6-7,10-11,13,22H,4-5,8-9H2,(H2,19,20,24,25). The van der Waals surface area contributed by atoms with Gasteiger partial charge in [0.05, 0.1) is 6.04 Å². The molecule has 1 fully saturated rings. The first-order chi connectivity index (χ1) is 13.4. The van der Waals surface area contributed by atoms with Gasteiger partial charge in [0.15, 0.2) is 0 Å². The van der Waals surface area contributed by atoms with Gasteiger partial charge in [0.1, 0.15) is 16.3 Å². The van der Waals surface area contributed by atoms with E-state index in [0.717, 1.165) is 31.9 Å². The third kappa shape index (κ3) is 3.50. The first kappa shape index (κ1) is 18.2. The molecule has 0 amide bonds. The highest BCUT2D eigenvalue weighted by Gasteiger charge is 2.27. The highest BCUT2D eigenvalue weighted by atomic mass is 32.2. The fourth-order valence-electron chi connectivity index (χ4n) is 3.41. The zero-order valence-electron chi connectivity index (χ0n) is 14.9. The molecule has 28 heavy (non-hydrogen) atoms. The molecule has 0 saturated heterocycles. The number of hydrogen-bond donors (Lipinski definition) is 3. The molecule has 146 valence electrons. The minimum absolute atomic E-state index is 0.0174. The molecule has 0 unspecified atom stereocenters. The van der Waals surface area contributed by atoms with Crippen molar-refractivity contribution in [2.75, 3.05) is 4.72 Å². The quantitative estimate of drug-likeness (QED) is 0.601. The van der Waals surface area contributed by atoms with Crippen molar-refractivity contribution in [3.63, 3.8) is 0 Å². The number of nitrogens with zero attached hydrogens (tertiary/aromatic N) is 2. The number of aromatic nitrogens is 4. The molecule has 0 radical (unpaired) electrons. The maximum absolute atomic E-state index is 13.1. The number of sulfonamides is 1. The van der Waals surface area contributed by atoms with Crippen LogP contribution >= 0.6 is 0 Å². The smallest absolute Gasteiger partial charge is 0.312 e. The van der Waals surface area contributed by atoms with E-state index in [0.29, 0.717) is 11.3 Å². The van der Waals surface area contributed by atoms with Crippen LogP contribution in [0, 0.1) is 0 Å². The second-order valence-electron chi connectivity index (χ2n) is 6.72. The van der Waals surface area contributed by atoms with Gasteiger partial charge in [0.25, 0.3) is 15.6 Å². The summed E-state index contributed by atoms with van der Waals surface area (Å²) >= 11 is 0. The number of H-pyrrole nitrogens is 2. The van der Waals surface area contributed by atoms with Gasteiger partial charge in [-0.3, -0.25) is 19.2 Å². The van der Waals surface area contributed by atoms with Crippen LogP contribution in [0.3, 0.4) is 0 Å². The first-order valence-corrected chi connectivity index (χ1v) is 10.4. The average molecular weight is 401 g/mol. The largest absolute Gasteiger partial charge is 0.325 e. The summed E-state index contributed by atoms with van der Waals surface area (Å²) in [6.45, 7) is 0. The molecule has 2 aromatic heterocycles. The van der Waals surface area contributed by atoms with Crippen LogP contribution < -0.4 is 16.0 Å². The molecule has 4 rings (SSSR count). The Morgan fingerprint density at radius 2 is 1.82 bits per heavy atom. The Morgan fingerprint density at radius 1 is 1.11 bits per heavy atom. The number of hydrogen-bond acceptors (Lipinski definition) is 5. The predicted molar refractivity (Wildman–Crippen MR) is 104 cm³/mol. The van der Waals surface area contributed by atoms with E-state index < -0.39 is 21.3 Å². The Kier molecular flexibility index (Phi) is 4.63. The van der Waals surface area contributed by atoms with E-state index >= 15 is 0 Å². The van der Waals surface area contributed by atoms with Crippen LogP contribution in [0.25, 0.3) is 11.3 Å². The number of benzene rings is 1. The molecule has 10 heteroatoms. The Balaban J connectivity index is 1.80. The van der Waals surface area contributed by atoms with Gasteiger partial charge < -0.3 is 4.98 Å². The van der Waals surface area contributed by atoms with Gasteiger partial charge in [-0.05, 0) is 12.8 Å². The van der Waals surface area contributed by atoms with E-state index in [-0.39, 0.29) is 16.6 Å². The van der Waals surface area contributed by atoms with Gasteiger partial charge in [0.2, 0.25) is 0 Å². The lowest BCUT2D eigenvalue weighted by Gasteiger charge is -2.08. The predicted octanol–water partition coefficient (Wildman–Crippen LogP) is 1.84. The number of nitrogens with one attached hydrogen (secondary N) is 3. The summed E-state index contributed by atoms with van der Waals surface area (Å²) in [7, 11) is -4.11. The molecule has 3 aromatic rings. The lowest BCUT2D eigenvalue weighted by Crippen LogP contribution is -2.26. The van der Waals surface area contributed by atoms with E-state index in [1.54, 1.807) is 28.9 Å². The van der Waals surface area contributed by atoms with E-state index in [1.807, 2.05) is 11.1 Å². The summed E-state index contributed by atoms with van der Waals surface area (Å²) in [6, 6.07) is 9.17. The van der Waals surface area contributed by atoms with Crippen LogP contribution in [0.1, 0.15) is 31.7 Å². The summed E-state index contributed by atoms with van der Waals surface area (Å²) in [5.74, 6) is 0. The Bertz CT molecular complexity index is 1200. The van der Waals surface area contributed by atoms with Gasteiger partial charge in [0, 0.05) is 18.0 Å². The van der Waals surface area contributed by atoms with Crippen LogP contribution in [0.15, 0.2) is 57.2 Å². The van der Waals surface area contributed by atoms with E-state index in [9.17, 15) is 18.0 Å². The maximum Gasteiger partial charge on any atom is 0.325 e. The van der Waals surface area contributed by atoms with Crippen molar-refractivity contribution in [2.45, 2.75) is 36.6 Å². The average Bonchev–Trinajstić information content (AvgIpc) is 3.34. The van der Waals surface area contributed by atoms with Gasteiger partial charge in [-0.15, -0.1) is 0 Å². The molecule has 9 nitrogen and oxygen atoms in total. The monoisotopic (exact) mass is 401 g/mol. The van der Waals surface area contributed by atoms with Crippen molar-refractivity contribution in [3.8, 4) is 11.3 Å². The molecule has 1 aliphatic carbocycles. The zero-order chi connectivity index (χ0) is 19.7. The van der Waals surface area contributed by atoms with E-state index in [4.69, 9.17) is 0 Å². The number of rotatable bonds is 5. The van der Waals surface area contributed by atoms with Gasteiger partial charge in [-0.25, -0.2) is 13.2 Å². The van der Waals surface area contributed by atoms with Crippen molar-refractivity contribution < 1.29 is 8.42 Å². The minimum atomic E-state index is -4.11. The summed E-state index contributed by atoms with van der Waals surface area (Å²) in [5.41, 5.74) is -0.827. The third-order valence-corrected chi connectivity index (χ3v) is 6.16. The van der Waals surface area contributed by atoms with Gasteiger partial charge >= 0.3 is 5.69 Å². The van der Waals surface area contributed by atoms with Crippen LogP contribution in [-0.4, -0.2) is 28.2 Å². The molecular weight excluding hydrogens is 382 g/mol. The van der Waals surface area contributed by atoms with E-state index in [1.165, 1.54) is 6.20 Å². The van der Waals surface area contributed by atoms with Crippen molar-refractivity contribution in [1.29, 1.82) is 0 Å². The molecule has 0 atom stereocenters. The summed E-state index contributed by atoms with van der Waals surface area (Å²) in [5, 5.41) is 4.56. The highest BCUT2D eigenvalue weighted by Crippen LogP contribution is 2.33.